The second-order valence-electron chi connectivity index (χ2n) is 9.36. The minimum atomic E-state index is -0.657. The number of fused-ring (bicyclic) bond motifs is 2. The first kappa shape index (κ1) is 28.5. The summed E-state index contributed by atoms with van der Waals surface area (Å²) >= 11 is 0. The number of phenols is 2. The van der Waals surface area contributed by atoms with E-state index in [2.05, 4.69) is 9.88 Å². The zero-order valence-corrected chi connectivity index (χ0v) is 23.3. The minimum Gasteiger partial charge on any atom is -1.00 e. The van der Waals surface area contributed by atoms with Crippen molar-refractivity contribution in [1.82, 2.24) is 5.32 Å². The number of amides is 1. The van der Waals surface area contributed by atoms with Gasteiger partial charge in [0.1, 0.15) is 17.2 Å². The van der Waals surface area contributed by atoms with Crippen LogP contribution in [0.3, 0.4) is 0 Å². The van der Waals surface area contributed by atoms with Crippen molar-refractivity contribution >= 4 is 17.5 Å². The van der Waals surface area contributed by atoms with Crippen LogP contribution in [0.1, 0.15) is 59.7 Å². The Morgan fingerprint density at radius 2 is 1.55 bits per heavy atom. The molecule has 4 aromatic rings. The van der Waals surface area contributed by atoms with Gasteiger partial charge in [0.15, 0.2) is 24.7 Å². The van der Waals surface area contributed by atoms with E-state index in [1.807, 2.05) is 48.8 Å². The Bertz CT molecular complexity index is 1580. The maximum absolute atomic E-state index is 13.0. The van der Waals surface area contributed by atoms with E-state index in [4.69, 9.17) is 4.74 Å². The Balaban J connectivity index is 0.00000370. The molecule has 1 aliphatic rings. The maximum Gasteiger partial charge on any atom is 0.251 e. The summed E-state index contributed by atoms with van der Waals surface area (Å²) in [6.45, 7) is 1.13. The van der Waals surface area contributed by atoms with Crippen LogP contribution in [0.15, 0.2) is 79.1 Å². The molecule has 1 aromatic heterocycles. The van der Waals surface area contributed by atoms with Crippen LogP contribution >= 0.6 is 0 Å². The van der Waals surface area contributed by atoms with Crippen LogP contribution in [-0.2, 0) is 13.0 Å². The number of nitrogens with zero attached hydrogens (tertiary/aromatic N) is 1. The fourth-order valence-corrected chi connectivity index (χ4v) is 4.71. The summed E-state index contributed by atoms with van der Waals surface area (Å²) in [6.07, 6.45) is 5.48. The molecule has 3 aromatic carbocycles. The van der Waals surface area contributed by atoms with Crippen LogP contribution in [0, 0.1) is 0 Å². The summed E-state index contributed by atoms with van der Waals surface area (Å²) in [7, 11) is 1.64. The minimum absolute atomic E-state index is 0. The number of carbonyl (C=O) groups excluding carboxylic acids is 3. The Morgan fingerprint density at radius 3 is 2.25 bits per heavy atom. The lowest BCUT2D eigenvalue weighted by atomic mass is 9.82. The van der Waals surface area contributed by atoms with Gasteiger partial charge in [-0.1, -0.05) is 12.1 Å². The first-order valence-corrected chi connectivity index (χ1v) is 12.5. The normalized spacial score (nSPS) is 11.7. The number of nitrogens with one attached hydrogen (secondary N) is 1. The van der Waals surface area contributed by atoms with Gasteiger partial charge < -0.3 is 37.2 Å². The average molecular weight is 603 g/mol. The summed E-state index contributed by atoms with van der Waals surface area (Å²) in [5, 5.41) is 23.4. The third kappa shape index (κ3) is 5.74. The molecule has 0 aliphatic heterocycles. The Hall–Kier alpha value is -4.50. The summed E-state index contributed by atoms with van der Waals surface area (Å²) in [4.78, 5) is 38.6. The van der Waals surface area contributed by atoms with Crippen molar-refractivity contribution in [3.8, 4) is 17.2 Å². The highest BCUT2D eigenvalue weighted by molar-refractivity contribution is 6.30. The van der Waals surface area contributed by atoms with Crippen LogP contribution in [0.25, 0.3) is 0 Å². The number of ether oxygens (including phenoxy) is 1. The van der Waals surface area contributed by atoms with Gasteiger partial charge in [0, 0.05) is 40.9 Å². The van der Waals surface area contributed by atoms with Crippen LogP contribution < -0.4 is 31.6 Å². The summed E-state index contributed by atoms with van der Waals surface area (Å²) in [5.41, 5.74) is 2.00. The lowest BCUT2D eigenvalue weighted by Crippen LogP contribution is -3.00. The van der Waals surface area contributed by atoms with E-state index in [0.29, 0.717) is 13.0 Å². The van der Waals surface area contributed by atoms with E-state index in [9.17, 15) is 24.6 Å². The van der Waals surface area contributed by atoms with Crippen molar-refractivity contribution in [2.45, 2.75) is 19.4 Å². The zero-order chi connectivity index (χ0) is 27.5. The molecule has 40 heavy (non-hydrogen) atoms. The lowest BCUT2D eigenvalue weighted by molar-refractivity contribution is -0.688. The molecular formula is C31H27BrN2O6. The number of pyridine rings is 1. The molecule has 0 bridgehead atoms. The van der Waals surface area contributed by atoms with Crippen molar-refractivity contribution in [3.63, 3.8) is 0 Å². The highest BCUT2D eigenvalue weighted by Gasteiger charge is 2.35. The molecule has 8 nitrogen and oxygen atoms in total. The van der Waals surface area contributed by atoms with E-state index in [-0.39, 0.29) is 50.5 Å². The Labute approximate surface area is 241 Å². The van der Waals surface area contributed by atoms with Crippen molar-refractivity contribution in [3.05, 3.63) is 118 Å². The van der Waals surface area contributed by atoms with Crippen molar-refractivity contribution in [1.29, 1.82) is 0 Å². The first-order valence-electron chi connectivity index (χ1n) is 12.5. The standard InChI is InChI=1S/C31H26N2O6.BrH/c1-39-22-9-7-20(8-10-22)18-33-14-11-19(12-15-33)4-3-13-32-31(38)21-16-24-28(26(35)17-21)30(37)27-23(29(24)36)5-2-6-25(27)34;/h2,5-12,14-17H,3-4,13,18H2,1H3,(H2-,32,34,35,37,38);1H. The van der Waals surface area contributed by atoms with Gasteiger partial charge in [0.05, 0.1) is 18.2 Å². The van der Waals surface area contributed by atoms with E-state index in [0.717, 1.165) is 29.8 Å². The number of ketones is 2. The third-order valence-electron chi connectivity index (χ3n) is 6.78. The number of aromatic nitrogens is 1. The fourth-order valence-electron chi connectivity index (χ4n) is 4.71. The molecular weight excluding hydrogens is 576 g/mol. The van der Waals surface area contributed by atoms with E-state index < -0.39 is 23.2 Å². The van der Waals surface area contributed by atoms with Gasteiger partial charge in [-0.2, -0.15) is 0 Å². The number of halogens is 1. The smallest absolute Gasteiger partial charge is 0.251 e. The SMILES string of the molecule is COc1ccc(C[n+]2ccc(CCCNC(=O)c3cc(O)c4c(c3)C(=O)c3cccc(O)c3C4=O)cc2)cc1.[Br-]. The van der Waals surface area contributed by atoms with E-state index in [1.165, 1.54) is 30.3 Å². The number of benzene rings is 3. The molecule has 204 valence electrons. The number of rotatable bonds is 8. The lowest BCUT2D eigenvalue weighted by Gasteiger charge is -2.20. The van der Waals surface area contributed by atoms with Gasteiger partial charge in [-0.15, -0.1) is 0 Å². The van der Waals surface area contributed by atoms with Crippen LogP contribution in [0.2, 0.25) is 0 Å². The van der Waals surface area contributed by atoms with Gasteiger partial charge in [-0.3, -0.25) is 14.4 Å². The molecule has 0 atom stereocenters. The predicted molar refractivity (Wildman–Crippen MR) is 142 cm³/mol. The number of aromatic hydroxyl groups is 2. The highest BCUT2D eigenvalue weighted by atomic mass is 79.9. The Kier molecular flexibility index (Phi) is 8.64. The van der Waals surface area contributed by atoms with Gasteiger partial charge in [0.25, 0.3) is 5.91 Å². The summed E-state index contributed by atoms with van der Waals surface area (Å²) in [6, 6.07) is 18.7. The Morgan fingerprint density at radius 1 is 0.850 bits per heavy atom. The molecule has 0 saturated heterocycles. The average Bonchev–Trinajstić information content (AvgIpc) is 2.94. The zero-order valence-electron chi connectivity index (χ0n) is 21.7. The van der Waals surface area contributed by atoms with Gasteiger partial charge in [-0.05, 0) is 60.9 Å². The summed E-state index contributed by atoms with van der Waals surface area (Å²) < 4.78 is 7.28. The fraction of sp³-hybridized carbons (Fsp3) is 0.161. The quantitative estimate of drug-likeness (QED) is 0.177. The summed E-state index contributed by atoms with van der Waals surface area (Å²) in [5.74, 6) is -1.63. The van der Waals surface area contributed by atoms with E-state index in [1.54, 1.807) is 7.11 Å². The van der Waals surface area contributed by atoms with Crippen molar-refractivity contribution in [2.24, 2.45) is 0 Å². The number of hydrogen-bond donors (Lipinski definition) is 3. The van der Waals surface area contributed by atoms with Crippen molar-refractivity contribution < 1.29 is 50.9 Å². The number of phenolic OH excluding ortho intramolecular Hbond substituents is 2. The third-order valence-corrected chi connectivity index (χ3v) is 6.78. The van der Waals surface area contributed by atoms with Crippen LogP contribution in [0.5, 0.6) is 17.2 Å². The molecule has 0 unspecified atom stereocenters. The van der Waals surface area contributed by atoms with E-state index >= 15 is 0 Å². The van der Waals surface area contributed by atoms with Crippen LogP contribution in [-0.4, -0.2) is 41.3 Å². The molecule has 5 rings (SSSR count). The monoisotopic (exact) mass is 602 g/mol. The molecule has 3 N–H and O–H groups in total. The van der Waals surface area contributed by atoms with Gasteiger partial charge in [0.2, 0.25) is 5.78 Å². The van der Waals surface area contributed by atoms with Crippen LogP contribution in [0.4, 0.5) is 0 Å². The first-order chi connectivity index (χ1) is 18.9. The maximum atomic E-state index is 13.0. The highest BCUT2D eigenvalue weighted by Crippen LogP contribution is 2.37. The molecule has 1 aliphatic carbocycles. The molecule has 0 fully saturated rings. The molecule has 0 saturated carbocycles. The molecule has 1 amide bonds. The predicted octanol–water partition coefficient (Wildman–Crippen LogP) is 0.584. The second-order valence-corrected chi connectivity index (χ2v) is 9.36. The van der Waals surface area contributed by atoms with Gasteiger partial charge >= 0.3 is 0 Å². The topological polar surface area (TPSA) is 117 Å². The molecule has 0 radical (unpaired) electrons. The van der Waals surface area contributed by atoms with Gasteiger partial charge in [-0.25, -0.2) is 4.57 Å². The molecule has 1 heterocycles. The second kappa shape index (κ2) is 12.1. The number of hydrogen-bond acceptors (Lipinski definition) is 6. The molecule has 9 heteroatoms. The number of methoxy groups -OCH3 is 1. The number of carbonyl (C=O) groups is 3. The largest absolute Gasteiger partial charge is 1.00 e. The van der Waals surface area contributed by atoms with Crippen molar-refractivity contribution in [2.75, 3.05) is 13.7 Å². The number of aryl methyl sites for hydroxylation is 1. The molecule has 0 spiro atoms.